The van der Waals surface area contributed by atoms with Gasteiger partial charge >= 0.3 is 5.97 Å². The number of thioether (sulfide) groups is 1. The van der Waals surface area contributed by atoms with Gasteiger partial charge in [-0.3, -0.25) is 4.79 Å². The van der Waals surface area contributed by atoms with Crippen molar-refractivity contribution < 1.29 is 13.9 Å². The van der Waals surface area contributed by atoms with Crippen LogP contribution in [0.1, 0.15) is 12.0 Å². The second-order valence-corrected chi connectivity index (χ2v) is 4.59. The van der Waals surface area contributed by atoms with E-state index in [1.807, 2.05) is 7.05 Å². The number of halogens is 1. The zero-order valence-electron chi connectivity index (χ0n) is 9.96. The van der Waals surface area contributed by atoms with Gasteiger partial charge in [0.25, 0.3) is 0 Å². The van der Waals surface area contributed by atoms with Crippen LogP contribution in [0.25, 0.3) is 0 Å². The Bertz CT molecular complexity index is 385. The first-order valence-electron chi connectivity index (χ1n) is 5.30. The number of methoxy groups -OCH3 is 1. The lowest BCUT2D eigenvalue weighted by atomic mass is 10.2. The third kappa shape index (κ3) is 4.75. The maximum absolute atomic E-state index is 13.1. The maximum Gasteiger partial charge on any atom is 0.306 e. The van der Waals surface area contributed by atoms with Gasteiger partial charge in [-0.15, -0.1) is 11.8 Å². The number of rotatable bonds is 6. The molecule has 0 amide bonds. The third-order valence-corrected chi connectivity index (χ3v) is 3.30. The number of ether oxygens (including phenoxy) is 1. The zero-order valence-corrected chi connectivity index (χ0v) is 10.8. The molecule has 0 bridgehead atoms. The van der Waals surface area contributed by atoms with Crippen molar-refractivity contribution in [2.75, 3.05) is 19.9 Å². The van der Waals surface area contributed by atoms with Crippen molar-refractivity contribution >= 4 is 17.7 Å². The van der Waals surface area contributed by atoms with Crippen LogP contribution < -0.4 is 5.32 Å². The number of nitrogens with one attached hydrogen (secondary N) is 1. The molecule has 5 heteroatoms. The number of carbonyl (C=O) groups excluding carboxylic acids is 1. The SMILES string of the molecule is CNCc1cc(F)ccc1SCCC(=O)OC. The topological polar surface area (TPSA) is 38.3 Å². The first-order valence-corrected chi connectivity index (χ1v) is 6.28. The van der Waals surface area contributed by atoms with E-state index in [9.17, 15) is 9.18 Å². The largest absolute Gasteiger partial charge is 0.469 e. The third-order valence-electron chi connectivity index (χ3n) is 2.18. The van der Waals surface area contributed by atoms with Crippen molar-refractivity contribution in [3.05, 3.63) is 29.6 Å². The molecule has 0 aliphatic heterocycles. The van der Waals surface area contributed by atoms with Gasteiger partial charge < -0.3 is 10.1 Å². The quantitative estimate of drug-likeness (QED) is 0.626. The van der Waals surface area contributed by atoms with Crippen LogP contribution in [-0.2, 0) is 16.1 Å². The molecule has 0 fully saturated rings. The molecule has 1 rings (SSSR count). The van der Waals surface area contributed by atoms with Crippen LogP contribution in [0.5, 0.6) is 0 Å². The molecule has 17 heavy (non-hydrogen) atoms. The molecule has 94 valence electrons. The van der Waals surface area contributed by atoms with Gasteiger partial charge in [0.2, 0.25) is 0 Å². The predicted octanol–water partition coefficient (Wildman–Crippen LogP) is 2.20. The average Bonchev–Trinajstić information content (AvgIpc) is 2.32. The van der Waals surface area contributed by atoms with Gasteiger partial charge in [0.15, 0.2) is 0 Å². The van der Waals surface area contributed by atoms with Crippen LogP contribution in [0.3, 0.4) is 0 Å². The molecule has 0 radical (unpaired) electrons. The van der Waals surface area contributed by atoms with Gasteiger partial charge in [-0.2, -0.15) is 0 Å². The molecule has 1 aromatic rings. The average molecular weight is 257 g/mol. The molecule has 0 aromatic heterocycles. The van der Waals surface area contributed by atoms with E-state index >= 15 is 0 Å². The summed E-state index contributed by atoms with van der Waals surface area (Å²) in [6.45, 7) is 0.609. The van der Waals surface area contributed by atoms with Gasteiger partial charge in [0, 0.05) is 17.2 Å². The molecule has 0 saturated heterocycles. The Balaban J connectivity index is 2.60. The molecule has 0 saturated carbocycles. The van der Waals surface area contributed by atoms with E-state index < -0.39 is 0 Å². The van der Waals surface area contributed by atoms with E-state index in [4.69, 9.17) is 0 Å². The normalized spacial score (nSPS) is 10.3. The lowest BCUT2D eigenvalue weighted by molar-refractivity contribution is -0.140. The highest BCUT2D eigenvalue weighted by Gasteiger charge is 2.06. The number of hydrogen-bond donors (Lipinski definition) is 1. The Labute approximate surface area is 105 Å². The Kier molecular flexibility index (Phi) is 6.00. The summed E-state index contributed by atoms with van der Waals surface area (Å²) in [5.41, 5.74) is 0.905. The van der Waals surface area contributed by atoms with Gasteiger partial charge in [0.05, 0.1) is 13.5 Å². The summed E-state index contributed by atoms with van der Waals surface area (Å²) in [5.74, 6) is 0.164. The predicted molar refractivity (Wildman–Crippen MR) is 66.5 cm³/mol. The summed E-state index contributed by atoms with van der Waals surface area (Å²) in [6.07, 6.45) is 0.359. The second-order valence-electron chi connectivity index (χ2n) is 3.46. The maximum atomic E-state index is 13.1. The van der Waals surface area contributed by atoms with Crippen molar-refractivity contribution in [3.8, 4) is 0 Å². The summed E-state index contributed by atoms with van der Waals surface area (Å²) in [4.78, 5) is 11.9. The van der Waals surface area contributed by atoms with Crippen molar-refractivity contribution in [1.29, 1.82) is 0 Å². The van der Waals surface area contributed by atoms with E-state index in [2.05, 4.69) is 10.1 Å². The highest BCUT2D eigenvalue weighted by atomic mass is 32.2. The standard InChI is InChI=1S/C12H16FNO2S/c1-14-8-9-7-10(13)3-4-11(9)17-6-5-12(15)16-2/h3-4,7,14H,5-6,8H2,1-2H3. The smallest absolute Gasteiger partial charge is 0.306 e. The lowest BCUT2D eigenvalue weighted by Crippen LogP contribution is -2.07. The fourth-order valence-electron chi connectivity index (χ4n) is 1.36. The fraction of sp³-hybridized carbons (Fsp3) is 0.417. The Hall–Kier alpha value is -1.07. The Morgan fingerprint density at radius 1 is 1.53 bits per heavy atom. The van der Waals surface area contributed by atoms with Crippen LogP contribution in [0, 0.1) is 5.82 Å². The van der Waals surface area contributed by atoms with Gasteiger partial charge in [-0.05, 0) is 30.8 Å². The lowest BCUT2D eigenvalue weighted by Gasteiger charge is -2.08. The minimum absolute atomic E-state index is 0.227. The number of carbonyl (C=O) groups is 1. The Morgan fingerprint density at radius 2 is 2.29 bits per heavy atom. The molecular formula is C12H16FNO2S. The van der Waals surface area contributed by atoms with Crippen molar-refractivity contribution in [2.24, 2.45) is 0 Å². The van der Waals surface area contributed by atoms with Crippen LogP contribution >= 0.6 is 11.8 Å². The molecular weight excluding hydrogens is 241 g/mol. The summed E-state index contributed by atoms with van der Waals surface area (Å²) in [5, 5.41) is 2.99. The highest BCUT2D eigenvalue weighted by molar-refractivity contribution is 7.99. The van der Waals surface area contributed by atoms with E-state index in [1.165, 1.54) is 31.0 Å². The molecule has 0 heterocycles. The number of hydrogen-bond acceptors (Lipinski definition) is 4. The second kappa shape index (κ2) is 7.29. The molecule has 0 aliphatic carbocycles. The highest BCUT2D eigenvalue weighted by Crippen LogP contribution is 2.24. The van der Waals surface area contributed by atoms with Gasteiger partial charge in [-0.1, -0.05) is 0 Å². The molecule has 0 spiro atoms. The van der Waals surface area contributed by atoms with Crippen molar-refractivity contribution in [3.63, 3.8) is 0 Å². The molecule has 3 nitrogen and oxygen atoms in total. The molecule has 0 unspecified atom stereocenters. The summed E-state index contributed by atoms with van der Waals surface area (Å²) < 4.78 is 17.6. The van der Waals surface area contributed by atoms with E-state index in [0.717, 1.165) is 10.5 Å². The van der Waals surface area contributed by atoms with Crippen LogP contribution in [0.2, 0.25) is 0 Å². The minimum Gasteiger partial charge on any atom is -0.469 e. The number of esters is 1. The summed E-state index contributed by atoms with van der Waals surface area (Å²) in [6, 6.07) is 4.68. The molecule has 1 aromatic carbocycles. The van der Waals surface area contributed by atoms with Crippen molar-refractivity contribution in [2.45, 2.75) is 17.9 Å². The first kappa shape index (κ1) is 14.0. The van der Waals surface area contributed by atoms with Crippen LogP contribution in [0.15, 0.2) is 23.1 Å². The van der Waals surface area contributed by atoms with Crippen molar-refractivity contribution in [1.82, 2.24) is 5.32 Å². The zero-order chi connectivity index (χ0) is 12.7. The van der Waals surface area contributed by atoms with E-state index in [1.54, 1.807) is 6.07 Å². The summed E-state index contributed by atoms with van der Waals surface area (Å²) in [7, 11) is 3.19. The fourth-order valence-corrected chi connectivity index (χ4v) is 2.33. The molecule has 1 N–H and O–H groups in total. The molecule has 0 atom stereocenters. The Morgan fingerprint density at radius 3 is 2.94 bits per heavy atom. The minimum atomic E-state index is -0.243. The van der Waals surface area contributed by atoms with Crippen LogP contribution in [-0.4, -0.2) is 25.9 Å². The van der Waals surface area contributed by atoms with Gasteiger partial charge in [0.1, 0.15) is 5.82 Å². The van der Waals surface area contributed by atoms with E-state index in [0.29, 0.717) is 18.7 Å². The first-order chi connectivity index (χ1) is 8.17. The van der Waals surface area contributed by atoms with Crippen LogP contribution in [0.4, 0.5) is 4.39 Å². The van der Waals surface area contributed by atoms with E-state index in [-0.39, 0.29) is 11.8 Å². The monoisotopic (exact) mass is 257 g/mol. The summed E-state index contributed by atoms with van der Waals surface area (Å²) >= 11 is 1.53. The molecule has 0 aliphatic rings. The number of benzene rings is 1. The van der Waals surface area contributed by atoms with Gasteiger partial charge in [-0.25, -0.2) is 4.39 Å².